The van der Waals surface area contributed by atoms with Gasteiger partial charge < -0.3 is 10.1 Å². The van der Waals surface area contributed by atoms with Gasteiger partial charge in [-0.3, -0.25) is 0 Å². The minimum absolute atomic E-state index is 0.324. The molecule has 1 rings (SSSR count). The normalized spacial score (nSPS) is 23.2. The van der Waals surface area contributed by atoms with Crippen LogP contribution in [0, 0.1) is 5.92 Å². The van der Waals surface area contributed by atoms with Gasteiger partial charge in [0, 0.05) is 13.2 Å². The zero-order valence-electron chi connectivity index (χ0n) is 8.47. The third kappa shape index (κ3) is 2.76. The molecule has 72 valence electrons. The van der Waals surface area contributed by atoms with Crippen molar-refractivity contribution in [2.45, 2.75) is 45.3 Å². The molecule has 0 aromatic carbocycles. The van der Waals surface area contributed by atoms with Crippen LogP contribution < -0.4 is 5.32 Å². The lowest BCUT2D eigenvalue weighted by molar-refractivity contribution is 0.0853. The van der Waals surface area contributed by atoms with Crippen molar-refractivity contribution in [2.24, 2.45) is 5.92 Å². The third-order valence-corrected chi connectivity index (χ3v) is 3.03. The summed E-state index contributed by atoms with van der Waals surface area (Å²) in [5, 5.41) is 3.51. The zero-order chi connectivity index (χ0) is 8.97. The average Bonchev–Trinajstić information content (AvgIpc) is 2.00. The van der Waals surface area contributed by atoms with Crippen LogP contribution in [0.3, 0.4) is 0 Å². The van der Waals surface area contributed by atoms with Crippen molar-refractivity contribution < 1.29 is 4.74 Å². The lowest BCUT2D eigenvalue weighted by atomic mass is 9.85. The molecule has 1 N–H and O–H groups in total. The Hall–Kier alpha value is -0.0800. The molecule has 0 amide bonds. The van der Waals surface area contributed by atoms with Crippen LogP contribution in [0.25, 0.3) is 0 Å². The Morgan fingerprint density at radius 3 is 2.50 bits per heavy atom. The molecule has 1 aliphatic carbocycles. The summed E-state index contributed by atoms with van der Waals surface area (Å²) < 4.78 is 5.23. The lowest BCUT2D eigenvalue weighted by Crippen LogP contribution is -2.40. The van der Waals surface area contributed by atoms with E-state index < -0.39 is 0 Å². The van der Waals surface area contributed by atoms with E-state index in [1.165, 1.54) is 25.8 Å². The van der Waals surface area contributed by atoms with Gasteiger partial charge in [-0.2, -0.15) is 0 Å². The zero-order valence-corrected chi connectivity index (χ0v) is 8.47. The molecule has 1 fully saturated rings. The molecular formula is C10H21NO. The molecule has 2 atom stereocenters. The minimum atomic E-state index is 0.324. The first-order chi connectivity index (χ1) is 5.74. The van der Waals surface area contributed by atoms with Gasteiger partial charge in [-0.25, -0.2) is 0 Å². The van der Waals surface area contributed by atoms with Gasteiger partial charge in [0.25, 0.3) is 0 Å². The van der Waals surface area contributed by atoms with E-state index in [1.54, 1.807) is 7.11 Å². The number of ether oxygens (including phenoxy) is 1. The maximum absolute atomic E-state index is 5.23. The Balaban J connectivity index is 2.04. The Bertz CT molecular complexity index is 123. The number of hydrogen-bond donors (Lipinski definition) is 1. The van der Waals surface area contributed by atoms with Crippen molar-refractivity contribution in [1.29, 1.82) is 0 Å². The van der Waals surface area contributed by atoms with Gasteiger partial charge in [-0.05, 0) is 39.2 Å². The van der Waals surface area contributed by atoms with Gasteiger partial charge in [-0.15, -0.1) is 0 Å². The Morgan fingerprint density at radius 1 is 1.42 bits per heavy atom. The molecule has 2 nitrogen and oxygen atoms in total. The fourth-order valence-corrected chi connectivity index (χ4v) is 1.42. The van der Waals surface area contributed by atoms with Crippen LogP contribution in [-0.2, 0) is 4.74 Å². The van der Waals surface area contributed by atoms with Gasteiger partial charge >= 0.3 is 0 Å². The Kier molecular flexibility index (Phi) is 4.02. The number of hydrogen-bond acceptors (Lipinski definition) is 2. The molecule has 0 aliphatic heterocycles. The summed E-state index contributed by atoms with van der Waals surface area (Å²) in [6.45, 7) is 5.47. The van der Waals surface area contributed by atoms with Crippen molar-refractivity contribution in [3.05, 3.63) is 0 Å². The molecule has 1 aliphatic rings. The molecular weight excluding hydrogens is 150 g/mol. The second kappa shape index (κ2) is 4.83. The highest BCUT2D eigenvalue weighted by Gasteiger charge is 2.18. The van der Waals surface area contributed by atoms with Crippen molar-refractivity contribution >= 4 is 0 Å². The topological polar surface area (TPSA) is 21.3 Å². The van der Waals surface area contributed by atoms with Crippen LogP contribution in [0.4, 0.5) is 0 Å². The summed E-state index contributed by atoms with van der Waals surface area (Å²) in [6.07, 6.45) is 4.59. The predicted octanol–water partition coefficient (Wildman–Crippen LogP) is 1.80. The molecule has 0 saturated heterocycles. The number of nitrogens with one attached hydrogen (secondary N) is 1. The maximum Gasteiger partial charge on any atom is 0.0693 e. The predicted molar refractivity (Wildman–Crippen MR) is 51.3 cm³/mol. The highest BCUT2D eigenvalue weighted by atomic mass is 16.5. The van der Waals surface area contributed by atoms with E-state index in [1.807, 2.05) is 0 Å². The second-order valence-electron chi connectivity index (χ2n) is 3.93. The van der Waals surface area contributed by atoms with Crippen LogP contribution in [0.15, 0.2) is 0 Å². The molecule has 0 aromatic rings. The van der Waals surface area contributed by atoms with Gasteiger partial charge in [-0.1, -0.05) is 6.42 Å². The SMILES string of the molecule is COC(C)C(C)NCC1CCC1. The van der Waals surface area contributed by atoms with E-state index in [9.17, 15) is 0 Å². The van der Waals surface area contributed by atoms with Gasteiger partial charge in [0.05, 0.1) is 6.10 Å². The molecule has 2 heteroatoms. The molecule has 12 heavy (non-hydrogen) atoms. The summed E-state index contributed by atoms with van der Waals surface area (Å²) in [6, 6.07) is 0.482. The monoisotopic (exact) mass is 171 g/mol. The fraction of sp³-hybridized carbons (Fsp3) is 1.00. The van der Waals surface area contributed by atoms with Crippen LogP contribution in [0.1, 0.15) is 33.1 Å². The molecule has 0 spiro atoms. The van der Waals surface area contributed by atoms with Crippen molar-refractivity contribution in [2.75, 3.05) is 13.7 Å². The van der Waals surface area contributed by atoms with Gasteiger partial charge in [0.2, 0.25) is 0 Å². The number of methoxy groups -OCH3 is 1. The fourth-order valence-electron chi connectivity index (χ4n) is 1.42. The molecule has 0 aromatic heterocycles. The first-order valence-electron chi connectivity index (χ1n) is 5.00. The van der Waals surface area contributed by atoms with Crippen LogP contribution in [0.2, 0.25) is 0 Å². The smallest absolute Gasteiger partial charge is 0.0693 e. The number of rotatable bonds is 5. The third-order valence-electron chi connectivity index (χ3n) is 3.03. The largest absolute Gasteiger partial charge is 0.380 e. The van der Waals surface area contributed by atoms with Crippen LogP contribution in [0.5, 0.6) is 0 Å². The van der Waals surface area contributed by atoms with Crippen LogP contribution >= 0.6 is 0 Å². The lowest BCUT2D eigenvalue weighted by Gasteiger charge is -2.28. The highest BCUT2D eigenvalue weighted by molar-refractivity contribution is 4.75. The first kappa shape index (κ1) is 10.0. The molecule has 0 radical (unpaired) electrons. The summed E-state index contributed by atoms with van der Waals surface area (Å²) in [5.74, 6) is 0.941. The molecule has 0 bridgehead atoms. The quantitative estimate of drug-likeness (QED) is 0.681. The Morgan fingerprint density at radius 2 is 2.08 bits per heavy atom. The van der Waals surface area contributed by atoms with E-state index >= 15 is 0 Å². The maximum atomic E-state index is 5.23. The Labute approximate surface area is 75.7 Å². The summed E-state index contributed by atoms with van der Waals surface area (Å²) >= 11 is 0. The van der Waals surface area contributed by atoms with Crippen molar-refractivity contribution in [3.8, 4) is 0 Å². The van der Waals surface area contributed by atoms with E-state index in [-0.39, 0.29) is 0 Å². The minimum Gasteiger partial charge on any atom is -0.380 e. The molecule has 0 heterocycles. The van der Waals surface area contributed by atoms with Crippen molar-refractivity contribution in [1.82, 2.24) is 5.32 Å². The van der Waals surface area contributed by atoms with E-state index in [0.717, 1.165) is 5.92 Å². The van der Waals surface area contributed by atoms with E-state index in [2.05, 4.69) is 19.2 Å². The first-order valence-corrected chi connectivity index (χ1v) is 5.00. The standard InChI is InChI=1S/C10H21NO/c1-8(9(2)12-3)11-7-10-5-4-6-10/h8-11H,4-7H2,1-3H3. The highest BCUT2D eigenvalue weighted by Crippen LogP contribution is 2.25. The van der Waals surface area contributed by atoms with Crippen LogP contribution in [-0.4, -0.2) is 25.8 Å². The summed E-state index contributed by atoms with van der Waals surface area (Å²) in [5.41, 5.74) is 0. The van der Waals surface area contributed by atoms with Gasteiger partial charge in [0.1, 0.15) is 0 Å². The summed E-state index contributed by atoms with van der Waals surface area (Å²) in [4.78, 5) is 0. The molecule has 2 unspecified atom stereocenters. The van der Waals surface area contributed by atoms with Crippen molar-refractivity contribution in [3.63, 3.8) is 0 Å². The summed E-state index contributed by atoms with van der Waals surface area (Å²) in [7, 11) is 1.77. The van der Waals surface area contributed by atoms with E-state index in [4.69, 9.17) is 4.74 Å². The van der Waals surface area contributed by atoms with Gasteiger partial charge in [0.15, 0.2) is 0 Å². The second-order valence-corrected chi connectivity index (χ2v) is 3.93. The van der Waals surface area contributed by atoms with E-state index in [0.29, 0.717) is 12.1 Å². The molecule has 1 saturated carbocycles. The average molecular weight is 171 g/mol.